The highest BCUT2D eigenvalue weighted by molar-refractivity contribution is 5.17. The first kappa shape index (κ1) is 8.51. The van der Waals surface area contributed by atoms with Crippen molar-refractivity contribution in [3.63, 3.8) is 0 Å². The summed E-state index contributed by atoms with van der Waals surface area (Å²) in [5, 5.41) is 0. The lowest BCUT2D eigenvalue weighted by Crippen LogP contribution is -2.22. The van der Waals surface area contributed by atoms with Gasteiger partial charge in [0.2, 0.25) is 0 Å². The Kier molecular flexibility index (Phi) is 2.19. The zero-order valence-corrected chi connectivity index (χ0v) is 7.57. The van der Waals surface area contributed by atoms with Crippen LogP contribution in [0.1, 0.15) is 12.8 Å². The van der Waals surface area contributed by atoms with E-state index in [2.05, 4.69) is 4.98 Å². The third kappa shape index (κ3) is 1.98. The smallest absolute Gasteiger partial charge is 0.122 e. The van der Waals surface area contributed by atoms with Crippen molar-refractivity contribution in [1.29, 1.82) is 0 Å². The number of nitrogens with zero attached hydrogens (tertiary/aromatic N) is 1. The first-order valence-corrected chi connectivity index (χ1v) is 4.58. The normalized spacial score (nSPS) is 18.2. The van der Waals surface area contributed by atoms with E-state index >= 15 is 0 Å². The highest BCUT2D eigenvalue weighted by Crippen LogP contribution is 2.44. The second-order valence-corrected chi connectivity index (χ2v) is 3.68. The Balaban J connectivity index is 1.86. The molecule has 1 saturated carbocycles. The fourth-order valence-electron chi connectivity index (χ4n) is 1.26. The Hall–Kier alpha value is -1.09. The highest BCUT2D eigenvalue weighted by atomic mass is 16.5. The summed E-state index contributed by atoms with van der Waals surface area (Å²) in [7, 11) is 0. The maximum atomic E-state index is 5.64. The predicted octanol–water partition coefficient (Wildman–Crippen LogP) is 1.20. The summed E-state index contributed by atoms with van der Waals surface area (Å²) in [6, 6.07) is 3.74. The largest absolute Gasteiger partial charge is 0.493 e. The molecule has 1 aliphatic carbocycles. The Morgan fingerprint density at radius 3 is 2.62 bits per heavy atom. The van der Waals surface area contributed by atoms with Gasteiger partial charge in [-0.25, -0.2) is 0 Å². The first-order valence-electron chi connectivity index (χ1n) is 4.58. The molecule has 0 unspecified atom stereocenters. The van der Waals surface area contributed by atoms with Crippen molar-refractivity contribution in [3.05, 3.63) is 24.5 Å². The third-order valence-electron chi connectivity index (χ3n) is 2.58. The molecule has 0 spiro atoms. The maximum absolute atomic E-state index is 5.64. The molecule has 0 aliphatic heterocycles. The number of hydrogen-bond donors (Lipinski definition) is 1. The summed E-state index contributed by atoms with van der Waals surface area (Å²) in [4.78, 5) is 3.92. The van der Waals surface area contributed by atoms with Crippen LogP contribution < -0.4 is 10.5 Å². The van der Waals surface area contributed by atoms with E-state index in [9.17, 15) is 0 Å². The van der Waals surface area contributed by atoms with Crippen molar-refractivity contribution in [2.45, 2.75) is 12.8 Å². The fourth-order valence-corrected chi connectivity index (χ4v) is 1.26. The molecule has 3 nitrogen and oxygen atoms in total. The fraction of sp³-hybridized carbons (Fsp3) is 0.500. The number of rotatable bonds is 4. The van der Waals surface area contributed by atoms with Crippen molar-refractivity contribution in [2.75, 3.05) is 13.2 Å². The van der Waals surface area contributed by atoms with Crippen LogP contribution in [0.5, 0.6) is 5.75 Å². The predicted molar refractivity (Wildman–Crippen MR) is 50.5 cm³/mol. The monoisotopic (exact) mass is 178 g/mol. The molecular weight excluding hydrogens is 164 g/mol. The second-order valence-electron chi connectivity index (χ2n) is 3.68. The molecule has 1 aromatic rings. The van der Waals surface area contributed by atoms with E-state index in [1.165, 1.54) is 12.8 Å². The lowest BCUT2D eigenvalue weighted by atomic mass is 10.1. The van der Waals surface area contributed by atoms with Crippen LogP contribution >= 0.6 is 0 Å². The van der Waals surface area contributed by atoms with Crippen LogP contribution in [0, 0.1) is 5.41 Å². The summed E-state index contributed by atoms with van der Waals surface area (Å²) in [6.07, 6.45) is 5.87. The minimum Gasteiger partial charge on any atom is -0.493 e. The number of ether oxygens (including phenoxy) is 1. The molecule has 0 atom stereocenters. The number of nitrogens with two attached hydrogens (primary N) is 1. The summed E-state index contributed by atoms with van der Waals surface area (Å²) in [5.74, 6) is 0.884. The summed E-state index contributed by atoms with van der Waals surface area (Å²) in [6.45, 7) is 1.48. The van der Waals surface area contributed by atoms with Gasteiger partial charge >= 0.3 is 0 Å². The minimum atomic E-state index is 0.281. The van der Waals surface area contributed by atoms with Crippen molar-refractivity contribution in [2.24, 2.45) is 11.1 Å². The minimum absolute atomic E-state index is 0.281. The lowest BCUT2D eigenvalue weighted by molar-refractivity contribution is 0.238. The molecule has 1 aliphatic rings. The molecule has 1 heterocycles. The molecule has 0 radical (unpaired) electrons. The Labute approximate surface area is 77.9 Å². The maximum Gasteiger partial charge on any atom is 0.122 e. The number of pyridine rings is 1. The molecule has 2 N–H and O–H groups in total. The lowest BCUT2D eigenvalue weighted by Gasteiger charge is -2.13. The summed E-state index contributed by atoms with van der Waals surface area (Å²) in [5.41, 5.74) is 5.92. The number of hydrogen-bond acceptors (Lipinski definition) is 3. The Morgan fingerprint density at radius 2 is 2.08 bits per heavy atom. The van der Waals surface area contributed by atoms with Crippen LogP contribution in [0.4, 0.5) is 0 Å². The Bertz CT molecular complexity index is 270. The quantitative estimate of drug-likeness (QED) is 0.753. The molecule has 0 saturated heterocycles. The van der Waals surface area contributed by atoms with E-state index in [0.29, 0.717) is 0 Å². The van der Waals surface area contributed by atoms with E-state index in [1.54, 1.807) is 12.4 Å². The van der Waals surface area contributed by atoms with Gasteiger partial charge in [-0.05, 0) is 25.0 Å². The molecule has 70 valence electrons. The molecule has 13 heavy (non-hydrogen) atoms. The molecule has 1 fully saturated rings. The van der Waals surface area contributed by atoms with E-state index in [0.717, 1.165) is 18.9 Å². The average Bonchev–Trinajstić information content (AvgIpc) is 2.97. The van der Waals surface area contributed by atoms with Crippen molar-refractivity contribution < 1.29 is 4.74 Å². The van der Waals surface area contributed by atoms with E-state index in [-0.39, 0.29) is 5.41 Å². The zero-order chi connectivity index (χ0) is 9.15. The van der Waals surface area contributed by atoms with Crippen LogP contribution in [-0.2, 0) is 0 Å². The van der Waals surface area contributed by atoms with Crippen molar-refractivity contribution >= 4 is 0 Å². The van der Waals surface area contributed by atoms with E-state index in [1.807, 2.05) is 12.1 Å². The first-order chi connectivity index (χ1) is 6.35. The van der Waals surface area contributed by atoms with Gasteiger partial charge in [0, 0.05) is 24.4 Å². The van der Waals surface area contributed by atoms with Crippen LogP contribution in [0.15, 0.2) is 24.5 Å². The zero-order valence-electron chi connectivity index (χ0n) is 7.57. The van der Waals surface area contributed by atoms with Crippen LogP contribution in [0.25, 0.3) is 0 Å². The molecule has 1 aromatic heterocycles. The van der Waals surface area contributed by atoms with E-state index < -0.39 is 0 Å². The SMILES string of the molecule is NCC1(COc2ccncc2)CC1. The average molecular weight is 178 g/mol. The van der Waals surface area contributed by atoms with Crippen LogP contribution in [0.3, 0.4) is 0 Å². The highest BCUT2D eigenvalue weighted by Gasteiger charge is 2.42. The summed E-state index contributed by atoms with van der Waals surface area (Å²) < 4.78 is 5.60. The van der Waals surface area contributed by atoms with Gasteiger partial charge in [0.1, 0.15) is 5.75 Å². The topological polar surface area (TPSA) is 48.1 Å². The van der Waals surface area contributed by atoms with Crippen molar-refractivity contribution in [1.82, 2.24) is 4.98 Å². The molecule has 3 heteroatoms. The van der Waals surface area contributed by atoms with E-state index in [4.69, 9.17) is 10.5 Å². The standard InChI is InChI=1S/C10H14N2O/c11-7-10(3-4-10)8-13-9-1-5-12-6-2-9/h1-2,5-6H,3-4,7-8,11H2. The van der Waals surface area contributed by atoms with Gasteiger partial charge in [0.05, 0.1) is 6.61 Å². The van der Waals surface area contributed by atoms with Gasteiger partial charge in [0.15, 0.2) is 0 Å². The van der Waals surface area contributed by atoms with Gasteiger partial charge in [-0.3, -0.25) is 4.98 Å². The molecule has 0 aromatic carbocycles. The van der Waals surface area contributed by atoms with Gasteiger partial charge in [-0.2, -0.15) is 0 Å². The van der Waals surface area contributed by atoms with Gasteiger partial charge in [-0.1, -0.05) is 0 Å². The van der Waals surface area contributed by atoms with Gasteiger partial charge in [-0.15, -0.1) is 0 Å². The molecular formula is C10H14N2O. The summed E-state index contributed by atoms with van der Waals surface area (Å²) >= 11 is 0. The van der Waals surface area contributed by atoms with Gasteiger partial charge < -0.3 is 10.5 Å². The molecule has 2 rings (SSSR count). The molecule has 0 amide bonds. The van der Waals surface area contributed by atoms with Crippen LogP contribution in [0.2, 0.25) is 0 Å². The number of aromatic nitrogens is 1. The second kappa shape index (κ2) is 3.34. The third-order valence-corrected chi connectivity index (χ3v) is 2.58. The Morgan fingerprint density at radius 1 is 1.38 bits per heavy atom. The molecule has 0 bridgehead atoms. The van der Waals surface area contributed by atoms with Crippen molar-refractivity contribution in [3.8, 4) is 5.75 Å². The van der Waals surface area contributed by atoms with Gasteiger partial charge in [0.25, 0.3) is 0 Å². The van der Waals surface area contributed by atoms with Crippen LogP contribution in [-0.4, -0.2) is 18.1 Å².